The van der Waals surface area contributed by atoms with Crippen LogP contribution in [0.2, 0.25) is 0 Å². The van der Waals surface area contributed by atoms with E-state index >= 15 is 0 Å². The van der Waals surface area contributed by atoms with Crippen molar-refractivity contribution < 1.29 is 19.4 Å². The molecule has 0 aliphatic heterocycles. The molecule has 0 saturated heterocycles. The van der Waals surface area contributed by atoms with Crippen LogP contribution in [0.25, 0.3) is 0 Å². The normalized spacial score (nSPS) is 26.1. The summed E-state index contributed by atoms with van der Waals surface area (Å²) in [5, 5.41) is 11.8. The summed E-state index contributed by atoms with van der Waals surface area (Å²) in [6.45, 7) is 1.92. The summed E-state index contributed by atoms with van der Waals surface area (Å²) in [6.07, 6.45) is 2.32. The quantitative estimate of drug-likeness (QED) is 0.703. The molecule has 5 heteroatoms. The summed E-state index contributed by atoms with van der Waals surface area (Å²) in [5.74, 6) is -0.280. The summed E-state index contributed by atoms with van der Waals surface area (Å²) in [4.78, 5) is 23.0. The number of rotatable bonds is 4. The van der Waals surface area contributed by atoms with Crippen LogP contribution >= 0.6 is 0 Å². The monoisotopic (exact) mass is 243 g/mol. The van der Waals surface area contributed by atoms with Crippen molar-refractivity contribution in [3.63, 3.8) is 0 Å². The molecule has 98 valence electrons. The van der Waals surface area contributed by atoms with E-state index in [1.165, 1.54) is 7.11 Å². The predicted molar refractivity (Wildman–Crippen MR) is 62.2 cm³/mol. The Morgan fingerprint density at radius 1 is 1.29 bits per heavy atom. The van der Waals surface area contributed by atoms with Crippen LogP contribution in [0.5, 0.6) is 0 Å². The molecule has 1 atom stereocenters. The van der Waals surface area contributed by atoms with E-state index in [2.05, 4.69) is 5.32 Å². The number of hydrogen-bond acceptors (Lipinski definition) is 4. The van der Waals surface area contributed by atoms with Crippen molar-refractivity contribution in [1.29, 1.82) is 0 Å². The Hall–Kier alpha value is -1.10. The van der Waals surface area contributed by atoms with Crippen molar-refractivity contribution in [1.82, 2.24) is 5.32 Å². The zero-order valence-electron chi connectivity index (χ0n) is 10.4. The van der Waals surface area contributed by atoms with Gasteiger partial charge < -0.3 is 15.2 Å². The number of ether oxygens (including phenoxy) is 1. The average molecular weight is 243 g/mol. The van der Waals surface area contributed by atoms with Crippen LogP contribution in [0.15, 0.2) is 0 Å². The van der Waals surface area contributed by atoms with E-state index in [0.29, 0.717) is 25.7 Å². The Kier molecular flexibility index (Phi) is 5.41. The molecule has 1 fully saturated rings. The number of hydrogen-bond donors (Lipinski definition) is 2. The fourth-order valence-electron chi connectivity index (χ4n) is 2.15. The first-order valence-electron chi connectivity index (χ1n) is 6.08. The zero-order valence-corrected chi connectivity index (χ0v) is 10.4. The molecule has 0 aromatic heterocycles. The molecular formula is C12H21NO4. The average Bonchev–Trinajstić information content (AvgIpc) is 2.35. The first kappa shape index (κ1) is 14.0. The Morgan fingerprint density at radius 2 is 1.82 bits per heavy atom. The third-order valence-corrected chi connectivity index (χ3v) is 3.20. The second-order valence-corrected chi connectivity index (χ2v) is 4.67. The van der Waals surface area contributed by atoms with Gasteiger partial charge in [0.2, 0.25) is 5.91 Å². The van der Waals surface area contributed by atoms with Crippen molar-refractivity contribution in [2.75, 3.05) is 13.7 Å². The first-order chi connectivity index (χ1) is 8.04. The number of methoxy groups -OCH3 is 1. The highest BCUT2D eigenvalue weighted by Gasteiger charge is 2.30. The molecule has 0 unspecified atom stereocenters. The molecule has 1 aliphatic carbocycles. The lowest BCUT2D eigenvalue weighted by Crippen LogP contribution is -2.37. The van der Waals surface area contributed by atoms with Crippen molar-refractivity contribution in [2.45, 2.75) is 38.7 Å². The van der Waals surface area contributed by atoms with Crippen molar-refractivity contribution >= 4 is 11.9 Å². The molecule has 0 radical (unpaired) electrons. The van der Waals surface area contributed by atoms with Gasteiger partial charge in [0, 0.05) is 12.5 Å². The van der Waals surface area contributed by atoms with E-state index in [9.17, 15) is 9.59 Å². The molecular weight excluding hydrogens is 222 g/mol. The van der Waals surface area contributed by atoms with Crippen molar-refractivity contribution in [2.24, 2.45) is 11.8 Å². The highest BCUT2D eigenvalue weighted by atomic mass is 16.5. The fraction of sp³-hybridized carbons (Fsp3) is 0.833. The lowest BCUT2D eigenvalue weighted by Gasteiger charge is -2.26. The highest BCUT2D eigenvalue weighted by Crippen LogP contribution is 2.29. The number of aliphatic hydroxyl groups excluding tert-OH is 1. The zero-order chi connectivity index (χ0) is 12.8. The Labute approximate surface area is 102 Å². The number of amides is 1. The van der Waals surface area contributed by atoms with Crippen molar-refractivity contribution in [3.8, 4) is 0 Å². The third-order valence-electron chi connectivity index (χ3n) is 3.20. The van der Waals surface area contributed by atoms with Crippen LogP contribution < -0.4 is 5.32 Å². The van der Waals surface area contributed by atoms with Gasteiger partial charge in [-0.15, -0.1) is 0 Å². The van der Waals surface area contributed by atoms with Crippen LogP contribution in [0.3, 0.4) is 0 Å². The number of carbonyl (C=O) groups is 2. The van der Waals surface area contributed by atoms with Gasteiger partial charge in [-0.1, -0.05) is 0 Å². The Bertz CT molecular complexity index is 270. The second kappa shape index (κ2) is 6.59. The number of nitrogens with one attached hydrogen (secondary N) is 1. The van der Waals surface area contributed by atoms with Gasteiger partial charge in [-0.3, -0.25) is 9.59 Å². The van der Waals surface area contributed by atoms with Gasteiger partial charge in [0.15, 0.2) is 0 Å². The topological polar surface area (TPSA) is 75.6 Å². The molecule has 1 aliphatic rings. The van der Waals surface area contributed by atoms with E-state index in [4.69, 9.17) is 9.84 Å². The van der Waals surface area contributed by atoms with Crippen molar-refractivity contribution in [3.05, 3.63) is 0 Å². The smallest absolute Gasteiger partial charge is 0.308 e. The predicted octanol–water partition coefficient (Wildman–Crippen LogP) is 0.463. The van der Waals surface area contributed by atoms with Crippen LogP contribution in [0, 0.1) is 11.8 Å². The van der Waals surface area contributed by atoms with E-state index in [1.807, 2.05) is 0 Å². The van der Waals surface area contributed by atoms with Gasteiger partial charge in [-0.2, -0.15) is 0 Å². The molecule has 0 aromatic rings. The summed E-state index contributed by atoms with van der Waals surface area (Å²) >= 11 is 0. The first-order valence-corrected chi connectivity index (χ1v) is 6.08. The number of aliphatic hydroxyl groups is 1. The van der Waals surface area contributed by atoms with E-state index in [-0.39, 0.29) is 30.3 Å². The standard InChI is InChI=1S/C12H21NO4/c1-8(14)7-13-11(15)9-3-5-10(6-4-9)12(16)17-2/h8-10,14H,3-7H2,1-2H3,(H,13,15)/t8-,9-,10-/m0/s1. The van der Waals surface area contributed by atoms with Crippen LogP contribution in [-0.4, -0.2) is 36.7 Å². The lowest BCUT2D eigenvalue weighted by atomic mass is 9.81. The molecule has 0 heterocycles. The summed E-state index contributed by atoms with van der Waals surface area (Å²) in [7, 11) is 1.39. The van der Waals surface area contributed by atoms with Crippen LogP contribution in [-0.2, 0) is 14.3 Å². The minimum atomic E-state index is -0.523. The molecule has 5 nitrogen and oxygen atoms in total. The van der Waals surface area contributed by atoms with Gasteiger partial charge in [0.05, 0.1) is 19.1 Å². The maximum atomic E-state index is 11.7. The van der Waals surface area contributed by atoms with Gasteiger partial charge >= 0.3 is 5.97 Å². The van der Waals surface area contributed by atoms with Gasteiger partial charge in [-0.25, -0.2) is 0 Å². The molecule has 0 spiro atoms. The highest BCUT2D eigenvalue weighted by molar-refractivity contribution is 5.79. The molecule has 17 heavy (non-hydrogen) atoms. The molecule has 0 aromatic carbocycles. The molecule has 0 bridgehead atoms. The summed E-state index contributed by atoms with van der Waals surface area (Å²) < 4.78 is 4.69. The third kappa shape index (κ3) is 4.34. The van der Waals surface area contributed by atoms with Gasteiger partial charge in [0.1, 0.15) is 0 Å². The number of esters is 1. The SMILES string of the molecule is COC(=O)[C@H]1CC[C@H](C(=O)NC[C@H](C)O)CC1. The molecule has 1 saturated carbocycles. The van der Waals surface area contributed by atoms with E-state index < -0.39 is 6.10 Å². The lowest BCUT2D eigenvalue weighted by molar-refractivity contribution is -0.147. The summed E-state index contributed by atoms with van der Waals surface area (Å²) in [5.41, 5.74) is 0. The van der Waals surface area contributed by atoms with Gasteiger partial charge in [0.25, 0.3) is 0 Å². The molecule has 2 N–H and O–H groups in total. The maximum Gasteiger partial charge on any atom is 0.308 e. The fourth-order valence-corrected chi connectivity index (χ4v) is 2.15. The largest absolute Gasteiger partial charge is 0.469 e. The maximum absolute atomic E-state index is 11.7. The van der Waals surface area contributed by atoms with E-state index in [1.54, 1.807) is 6.92 Å². The summed E-state index contributed by atoms with van der Waals surface area (Å²) in [6, 6.07) is 0. The van der Waals surface area contributed by atoms with E-state index in [0.717, 1.165) is 0 Å². The minimum Gasteiger partial charge on any atom is -0.469 e. The molecule has 1 amide bonds. The van der Waals surface area contributed by atoms with Crippen LogP contribution in [0.1, 0.15) is 32.6 Å². The van der Waals surface area contributed by atoms with Gasteiger partial charge in [-0.05, 0) is 32.6 Å². The molecule has 1 rings (SSSR count). The number of carbonyl (C=O) groups excluding carboxylic acids is 2. The Balaban J connectivity index is 2.31. The second-order valence-electron chi connectivity index (χ2n) is 4.67. The minimum absolute atomic E-state index is 0.0192. The van der Waals surface area contributed by atoms with Crippen LogP contribution in [0.4, 0.5) is 0 Å². The Morgan fingerprint density at radius 3 is 2.29 bits per heavy atom.